The Labute approximate surface area is 181 Å². The molecule has 0 saturated heterocycles. The summed E-state index contributed by atoms with van der Waals surface area (Å²) in [4.78, 5) is 25.7. The number of nitrogens with one attached hydrogen (secondary N) is 2. The second-order valence-electron chi connectivity index (χ2n) is 6.82. The number of anilines is 1. The maximum Gasteiger partial charge on any atom is 0.272 e. The fourth-order valence-corrected chi connectivity index (χ4v) is 2.97. The van der Waals surface area contributed by atoms with E-state index in [1.165, 1.54) is 7.11 Å². The zero-order valence-electron chi connectivity index (χ0n) is 17.6. The summed E-state index contributed by atoms with van der Waals surface area (Å²) in [6, 6.07) is 21.4. The summed E-state index contributed by atoms with van der Waals surface area (Å²) in [6.07, 6.45) is 1.59. The molecule has 0 saturated carbocycles. The lowest BCUT2D eigenvalue weighted by atomic mass is 10.1. The maximum atomic E-state index is 13.0. The topological polar surface area (TPSA) is 76.7 Å². The van der Waals surface area contributed by atoms with E-state index in [1.807, 2.05) is 31.2 Å². The average molecular weight is 416 g/mol. The van der Waals surface area contributed by atoms with Crippen LogP contribution in [0.25, 0.3) is 6.08 Å². The molecule has 2 N–H and O–H groups in total. The molecule has 0 aromatic heterocycles. The smallest absolute Gasteiger partial charge is 0.272 e. The van der Waals surface area contributed by atoms with Crippen LogP contribution in [0.15, 0.2) is 78.5 Å². The number of amides is 2. The van der Waals surface area contributed by atoms with Crippen LogP contribution < -0.4 is 20.1 Å². The normalized spacial score (nSPS) is 10.9. The number of rotatable bonds is 7. The van der Waals surface area contributed by atoms with Gasteiger partial charge >= 0.3 is 0 Å². The summed E-state index contributed by atoms with van der Waals surface area (Å²) in [6.45, 7) is 1.94. The van der Waals surface area contributed by atoms with Crippen LogP contribution in [0, 0.1) is 6.92 Å². The Morgan fingerprint density at radius 2 is 1.58 bits per heavy atom. The molecular weight excluding hydrogens is 392 g/mol. The SMILES string of the molecule is COc1ccc(C=C(NC(=O)c2ccccc2)C(=O)Nc2cccc(C)c2)cc1OC. The lowest BCUT2D eigenvalue weighted by Gasteiger charge is -2.13. The van der Waals surface area contributed by atoms with E-state index in [-0.39, 0.29) is 11.6 Å². The highest BCUT2D eigenvalue weighted by molar-refractivity contribution is 6.10. The molecule has 6 heteroatoms. The summed E-state index contributed by atoms with van der Waals surface area (Å²) >= 11 is 0. The van der Waals surface area contributed by atoms with Crippen LogP contribution in [0.4, 0.5) is 5.69 Å². The molecule has 0 spiro atoms. The van der Waals surface area contributed by atoms with Crippen LogP contribution >= 0.6 is 0 Å². The number of benzene rings is 3. The highest BCUT2D eigenvalue weighted by Crippen LogP contribution is 2.28. The summed E-state index contributed by atoms with van der Waals surface area (Å²) in [7, 11) is 3.09. The minimum atomic E-state index is -0.440. The van der Waals surface area contributed by atoms with E-state index in [9.17, 15) is 9.59 Å². The zero-order chi connectivity index (χ0) is 22.2. The molecule has 31 heavy (non-hydrogen) atoms. The largest absolute Gasteiger partial charge is 0.493 e. The third-order valence-corrected chi connectivity index (χ3v) is 4.52. The van der Waals surface area contributed by atoms with Gasteiger partial charge in [-0.05, 0) is 60.5 Å². The van der Waals surface area contributed by atoms with Crippen LogP contribution in [0.5, 0.6) is 11.5 Å². The lowest BCUT2D eigenvalue weighted by molar-refractivity contribution is -0.113. The molecule has 0 atom stereocenters. The number of carbonyl (C=O) groups excluding carboxylic acids is 2. The van der Waals surface area contributed by atoms with E-state index in [1.54, 1.807) is 61.7 Å². The number of methoxy groups -OCH3 is 2. The van der Waals surface area contributed by atoms with E-state index in [2.05, 4.69) is 10.6 Å². The molecule has 0 unspecified atom stereocenters. The summed E-state index contributed by atoms with van der Waals surface area (Å²) in [5.74, 6) is 0.263. The number of hydrogen-bond donors (Lipinski definition) is 2. The molecule has 158 valence electrons. The van der Waals surface area contributed by atoms with Crippen molar-refractivity contribution in [3.8, 4) is 11.5 Å². The van der Waals surface area contributed by atoms with Crippen molar-refractivity contribution < 1.29 is 19.1 Å². The van der Waals surface area contributed by atoms with Gasteiger partial charge in [0.1, 0.15) is 5.70 Å². The van der Waals surface area contributed by atoms with Crippen LogP contribution in [-0.4, -0.2) is 26.0 Å². The summed E-state index contributed by atoms with van der Waals surface area (Å²) < 4.78 is 10.6. The van der Waals surface area contributed by atoms with E-state index < -0.39 is 5.91 Å². The van der Waals surface area contributed by atoms with E-state index in [0.717, 1.165) is 5.56 Å². The fourth-order valence-electron chi connectivity index (χ4n) is 2.97. The Kier molecular flexibility index (Phi) is 7.06. The van der Waals surface area contributed by atoms with Crippen molar-refractivity contribution in [1.29, 1.82) is 0 Å². The Balaban J connectivity index is 1.94. The number of aryl methyl sites for hydroxylation is 1. The van der Waals surface area contributed by atoms with Gasteiger partial charge in [0.15, 0.2) is 11.5 Å². The Hall–Kier alpha value is -4.06. The van der Waals surface area contributed by atoms with Crippen molar-refractivity contribution in [2.45, 2.75) is 6.92 Å². The maximum absolute atomic E-state index is 13.0. The fraction of sp³-hybridized carbons (Fsp3) is 0.120. The van der Waals surface area contributed by atoms with Crippen LogP contribution in [0.1, 0.15) is 21.5 Å². The number of ether oxygens (including phenoxy) is 2. The molecule has 0 aliphatic heterocycles. The van der Waals surface area contributed by atoms with Gasteiger partial charge in [-0.2, -0.15) is 0 Å². The van der Waals surface area contributed by atoms with Gasteiger partial charge in [-0.3, -0.25) is 9.59 Å². The second-order valence-corrected chi connectivity index (χ2v) is 6.82. The van der Waals surface area contributed by atoms with Crippen molar-refractivity contribution >= 4 is 23.6 Å². The summed E-state index contributed by atoms with van der Waals surface area (Å²) in [5, 5.41) is 5.55. The minimum absolute atomic E-state index is 0.0996. The monoisotopic (exact) mass is 416 g/mol. The first-order valence-corrected chi connectivity index (χ1v) is 9.68. The molecule has 0 aliphatic carbocycles. The van der Waals surface area contributed by atoms with Crippen LogP contribution in [0.2, 0.25) is 0 Å². The number of carbonyl (C=O) groups is 2. The molecule has 6 nitrogen and oxygen atoms in total. The Morgan fingerprint density at radius 3 is 2.26 bits per heavy atom. The Bertz CT molecular complexity index is 1110. The first-order valence-electron chi connectivity index (χ1n) is 9.68. The van der Waals surface area contributed by atoms with E-state index in [4.69, 9.17) is 9.47 Å². The van der Waals surface area contributed by atoms with Gasteiger partial charge in [0.2, 0.25) is 0 Å². The van der Waals surface area contributed by atoms with Gasteiger partial charge in [-0.1, -0.05) is 36.4 Å². The van der Waals surface area contributed by atoms with Crippen molar-refractivity contribution in [1.82, 2.24) is 5.32 Å². The molecule has 0 heterocycles. The first kappa shape index (κ1) is 21.6. The number of hydrogen-bond acceptors (Lipinski definition) is 4. The van der Waals surface area contributed by atoms with E-state index in [0.29, 0.717) is 28.3 Å². The van der Waals surface area contributed by atoms with Gasteiger partial charge in [-0.15, -0.1) is 0 Å². The molecule has 3 aromatic rings. The first-order chi connectivity index (χ1) is 15.0. The molecule has 0 fully saturated rings. The molecule has 0 bridgehead atoms. The second kappa shape index (κ2) is 10.1. The molecule has 0 radical (unpaired) electrons. The van der Waals surface area contributed by atoms with Crippen molar-refractivity contribution in [3.63, 3.8) is 0 Å². The standard InChI is InChI=1S/C25H24N2O4/c1-17-8-7-11-20(14-17)26-25(29)21(27-24(28)19-9-5-4-6-10-19)15-18-12-13-22(30-2)23(16-18)31-3/h4-16H,1-3H3,(H,26,29)(H,27,28). The molecule has 0 aliphatic rings. The predicted octanol–water partition coefficient (Wildman–Crippen LogP) is 4.42. The summed E-state index contributed by atoms with van der Waals surface area (Å²) in [5.41, 5.74) is 2.86. The third kappa shape index (κ3) is 5.73. The van der Waals surface area contributed by atoms with Crippen molar-refractivity contribution in [2.24, 2.45) is 0 Å². The van der Waals surface area contributed by atoms with Gasteiger partial charge < -0.3 is 20.1 Å². The minimum Gasteiger partial charge on any atom is -0.493 e. The van der Waals surface area contributed by atoms with Gasteiger partial charge in [-0.25, -0.2) is 0 Å². The van der Waals surface area contributed by atoms with Crippen LogP contribution in [0.3, 0.4) is 0 Å². The van der Waals surface area contributed by atoms with Gasteiger partial charge in [0, 0.05) is 11.3 Å². The molecule has 2 amide bonds. The Morgan fingerprint density at radius 1 is 0.839 bits per heavy atom. The molecule has 3 rings (SSSR count). The van der Waals surface area contributed by atoms with Gasteiger partial charge in [0.05, 0.1) is 14.2 Å². The third-order valence-electron chi connectivity index (χ3n) is 4.52. The van der Waals surface area contributed by atoms with E-state index >= 15 is 0 Å². The van der Waals surface area contributed by atoms with Crippen LogP contribution in [-0.2, 0) is 4.79 Å². The van der Waals surface area contributed by atoms with Crippen molar-refractivity contribution in [3.05, 3.63) is 95.2 Å². The molecule has 3 aromatic carbocycles. The lowest BCUT2D eigenvalue weighted by Crippen LogP contribution is -2.30. The average Bonchev–Trinajstić information content (AvgIpc) is 2.79. The predicted molar refractivity (Wildman–Crippen MR) is 121 cm³/mol. The van der Waals surface area contributed by atoms with Crippen molar-refractivity contribution in [2.75, 3.05) is 19.5 Å². The molecular formula is C25H24N2O4. The van der Waals surface area contributed by atoms with Gasteiger partial charge in [0.25, 0.3) is 11.8 Å². The zero-order valence-corrected chi connectivity index (χ0v) is 17.6. The highest BCUT2D eigenvalue weighted by Gasteiger charge is 2.16. The highest BCUT2D eigenvalue weighted by atomic mass is 16.5. The quantitative estimate of drug-likeness (QED) is 0.559.